The first-order chi connectivity index (χ1) is 17.1. The molecule has 186 valence electrons. The zero-order valence-electron chi connectivity index (χ0n) is 20.6. The summed E-state index contributed by atoms with van der Waals surface area (Å²) in [6.45, 7) is 4.19. The zero-order valence-corrected chi connectivity index (χ0v) is 21.4. The van der Waals surface area contributed by atoms with Crippen LogP contribution in [0.2, 0.25) is 0 Å². The number of nitrogens with one attached hydrogen (secondary N) is 3. The van der Waals surface area contributed by atoms with Crippen molar-refractivity contribution in [3.8, 4) is 5.75 Å². The maximum Gasteiger partial charge on any atom is 0.256 e. The van der Waals surface area contributed by atoms with Crippen LogP contribution in [-0.2, 0) is 6.42 Å². The Bertz CT molecular complexity index is 1100. The second kappa shape index (κ2) is 9.93. The molecule has 1 aromatic heterocycles. The number of methoxy groups -OCH3 is 1. The summed E-state index contributed by atoms with van der Waals surface area (Å²) < 4.78 is 5.47. The predicted molar refractivity (Wildman–Crippen MR) is 141 cm³/mol. The maximum atomic E-state index is 5.47. The van der Waals surface area contributed by atoms with Crippen molar-refractivity contribution in [3.63, 3.8) is 0 Å². The molecule has 9 heteroatoms. The van der Waals surface area contributed by atoms with Crippen LogP contribution in [0.3, 0.4) is 0 Å². The second-order valence-electron chi connectivity index (χ2n) is 10.5. The van der Waals surface area contributed by atoms with Crippen LogP contribution in [0.4, 0.5) is 17.8 Å². The molecule has 3 heterocycles. The standard InChI is InChI=1S/C26H35N7OS/c1-15-3-5-17-7-8-20(34-2)13-22(17)35-23(15)30-26-32-24(28-19-9-10-27-14-19)31-25(33-26)29-21-12-16-4-6-18(21)11-16/h7-8,13,15-16,18-19,21,27H,3-6,9-12,14H2,1-2H3,(H2,28,29,31,32,33). The lowest BCUT2D eigenvalue weighted by Gasteiger charge is -2.23. The molecule has 4 aliphatic rings. The van der Waals surface area contributed by atoms with Crippen molar-refractivity contribution >= 4 is 34.7 Å². The Hall–Kier alpha value is -2.39. The summed E-state index contributed by atoms with van der Waals surface area (Å²) in [6, 6.07) is 7.13. The summed E-state index contributed by atoms with van der Waals surface area (Å²) in [7, 11) is 1.71. The number of aromatic nitrogens is 3. The molecule has 8 nitrogen and oxygen atoms in total. The van der Waals surface area contributed by atoms with E-state index in [2.05, 4.69) is 35.0 Å². The van der Waals surface area contributed by atoms with Gasteiger partial charge >= 0.3 is 0 Å². The van der Waals surface area contributed by atoms with Crippen molar-refractivity contribution in [2.75, 3.05) is 30.8 Å². The molecule has 3 N–H and O–H groups in total. The van der Waals surface area contributed by atoms with E-state index in [-0.39, 0.29) is 0 Å². The Labute approximate surface area is 211 Å². The van der Waals surface area contributed by atoms with Gasteiger partial charge in [-0.2, -0.15) is 15.0 Å². The Balaban J connectivity index is 1.30. The fourth-order valence-electron chi connectivity index (χ4n) is 6.00. The van der Waals surface area contributed by atoms with Gasteiger partial charge in [-0.3, -0.25) is 0 Å². The summed E-state index contributed by atoms with van der Waals surface area (Å²) in [4.78, 5) is 20.5. The quantitative estimate of drug-likeness (QED) is 0.535. The normalized spacial score (nSPS) is 30.8. The number of thioether (sulfide) groups is 1. The first-order valence-corrected chi connectivity index (χ1v) is 13.9. The monoisotopic (exact) mass is 493 g/mol. The van der Waals surface area contributed by atoms with Gasteiger partial charge in [0.05, 0.1) is 12.2 Å². The van der Waals surface area contributed by atoms with Crippen LogP contribution in [0.5, 0.6) is 5.75 Å². The fourth-order valence-corrected chi connectivity index (χ4v) is 7.14. The molecule has 3 fully saturated rings. The highest BCUT2D eigenvalue weighted by molar-refractivity contribution is 8.14. The van der Waals surface area contributed by atoms with E-state index >= 15 is 0 Å². The number of hydrogen-bond donors (Lipinski definition) is 3. The first kappa shape index (κ1) is 23.0. The first-order valence-electron chi connectivity index (χ1n) is 13.1. The Morgan fingerprint density at radius 3 is 2.69 bits per heavy atom. The minimum atomic E-state index is 0.326. The highest BCUT2D eigenvalue weighted by atomic mass is 32.2. The summed E-state index contributed by atoms with van der Waals surface area (Å²) in [5.74, 6) is 4.56. The molecular formula is C26H35N7OS. The summed E-state index contributed by atoms with van der Waals surface area (Å²) in [5.41, 5.74) is 1.35. The smallest absolute Gasteiger partial charge is 0.256 e. The van der Waals surface area contributed by atoms with Crippen LogP contribution in [-0.4, -0.2) is 52.3 Å². The molecule has 2 bridgehead atoms. The molecule has 5 atom stereocenters. The van der Waals surface area contributed by atoms with Gasteiger partial charge < -0.3 is 20.7 Å². The second-order valence-corrected chi connectivity index (χ2v) is 11.6. The van der Waals surface area contributed by atoms with E-state index in [1.165, 1.54) is 36.1 Å². The SMILES string of the molecule is COc1ccc2c(c1)SC(=Nc1nc(NC3CCNC3)nc(NC3CC4CCC3C4)n1)C(C)CC2. The lowest BCUT2D eigenvalue weighted by atomic mass is 9.95. The number of benzene rings is 1. The van der Waals surface area contributed by atoms with Gasteiger partial charge in [-0.05, 0) is 74.6 Å². The van der Waals surface area contributed by atoms with E-state index in [1.54, 1.807) is 18.9 Å². The number of hydrogen-bond acceptors (Lipinski definition) is 9. The van der Waals surface area contributed by atoms with Gasteiger partial charge in [0.1, 0.15) is 5.75 Å². The van der Waals surface area contributed by atoms with E-state index in [9.17, 15) is 0 Å². The minimum absolute atomic E-state index is 0.326. The van der Waals surface area contributed by atoms with Crippen molar-refractivity contribution in [1.29, 1.82) is 0 Å². The lowest BCUT2D eigenvalue weighted by molar-refractivity contribution is 0.413. The highest BCUT2D eigenvalue weighted by Gasteiger charge is 2.39. The number of rotatable bonds is 6. The van der Waals surface area contributed by atoms with Gasteiger partial charge in [0, 0.05) is 29.4 Å². The van der Waals surface area contributed by atoms with Gasteiger partial charge in [-0.15, -0.1) is 0 Å². The van der Waals surface area contributed by atoms with E-state index in [0.717, 1.165) is 55.0 Å². The summed E-state index contributed by atoms with van der Waals surface area (Å²) in [5, 5.41) is 11.6. The van der Waals surface area contributed by atoms with E-state index in [4.69, 9.17) is 24.7 Å². The predicted octanol–water partition coefficient (Wildman–Crippen LogP) is 4.66. The van der Waals surface area contributed by atoms with E-state index < -0.39 is 0 Å². The number of nitrogens with zero attached hydrogens (tertiary/aromatic N) is 4. The van der Waals surface area contributed by atoms with Crippen LogP contribution in [0.15, 0.2) is 28.1 Å². The van der Waals surface area contributed by atoms with Crippen molar-refractivity contribution < 1.29 is 4.74 Å². The molecule has 0 spiro atoms. The van der Waals surface area contributed by atoms with Crippen molar-refractivity contribution in [2.24, 2.45) is 22.7 Å². The van der Waals surface area contributed by atoms with Gasteiger partial charge in [-0.25, -0.2) is 4.99 Å². The maximum absolute atomic E-state index is 5.47. The Morgan fingerprint density at radius 1 is 1.06 bits per heavy atom. The van der Waals surface area contributed by atoms with Crippen molar-refractivity contribution in [3.05, 3.63) is 23.8 Å². The molecule has 6 rings (SSSR count). The average Bonchev–Trinajstić information content (AvgIpc) is 3.60. The molecule has 2 aliphatic heterocycles. The minimum Gasteiger partial charge on any atom is -0.497 e. The number of aliphatic imine (C=N–C) groups is 1. The topological polar surface area (TPSA) is 96.4 Å². The third kappa shape index (κ3) is 5.11. The van der Waals surface area contributed by atoms with Gasteiger partial charge in [0.25, 0.3) is 5.95 Å². The van der Waals surface area contributed by atoms with Crippen LogP contribution in [0.1, 0.15) is 51.0 Å². The molecule has 2 aromatic rings. The molecule has 1 saturated heterocycles. The van der Waals surface area contributed by atoms with Crippen molar-refractivity contribution in [1.82, 2.24) is 20.3 Å². The van der Waals surface area contributed by atoms with E-state index in [1.807, 2.05) is 6.07 Å². The zero-order chi connectivity index (χ0) is 23.8. The van der Waals surface area contributed by atoms with Crippen molar-refractivity contribution in [2.45, 2.75) is 68.8 Å². The average molecular weight is 494 g/mol. The molecule has 35 heavy (non-hydrogen) atoms. The largest absolute Gasteiger partial charge is 0.497 e. The highest BCUT2D eigenvalue weighted by Crippen LogP contribution is 2.45. The molecule has 2 saturated carbocycles. The number of ether oxygens (including phenoxy) is 1. The van der Waals surface area contributed by atoms with Crippen LogP contribution < -0.4 is 20.7 Å². The molecule has 2 aliphatic carbocycles. The third-order valence-electron chi connectivity index (χ3n) is 8.04. The van der Waals surface area contributed by atoms with Gasteiger partial charge in [0.15, 0.2) is 0 Å². The Morgan fingerprint density at radius 2 is 1.94 bits per heavy atom. The van der Waals surface area contributed by atoms with Gasteiger partial charge in [-0.1, -0.05) is 31.2 Å². The molecule has 5 unspecified atom stereocenters. The molecule has 0 amide bonds. The number of anilines is 2. The van der Waals surface area contributed by atoms with E-state index in [0.29, 0.717) is 35.8 Å². The molecule has 1 aromatic carbocycles. The summed E-state index contributed by atoms with van der Waals surface area (Å²) >= 11 is 1.72. The molecular weight excluding hydrogens is 458 g/mol. The molecule has 0 radical (unpaired) electrons. The van der Waals surface area contributed by atoms with Crippen LogP contribution in [0.25, 0.3) is 0 Å². The summed E-state index contributed by atoms with van der Waals surface area (Å²) in [6.07, 6.45) is 8.40. The van der Waals surface area contributed by atoms with Gasteiger partial charge in [0.2, 0.25) is 11.9 Å². The fraction of sp³-hybridized carbons (Fsp3) is 0.615. The number of fused-ring (bicyclic) bond motifs is 3. The lowest BCUT2D eigenvalue weighted by Crippen LogP contribution is -2.28. The van der Waals surface area contributed by atoms with Crippen LogP contribution >= 0.6 is 11.8 Å². The number of aryl methyl sites for hydroxylation is 1. The Kier molecular flexibility index (Phi) is 6.54. The van der Waals surface area contributed by atoms with Crippen LogP contribution in [0, 0.1) is 17.8 Å². The third-order valence-corrected chi connectivity index (χ3v) is 9.34.